The van der Waals surface area contributed by atoms with Crippen molar-refractivity contribution in [2.45, 2.75) is 52.2 Å². The van der Waals surface area contributed by atoms with Crippen LogP contribution in [0, 0.1) is 18.3 Å². The largest absolute Gasteiger partial charge is 0.474 e. The zero-order valence-electron chi connectivity index (χ0n) is 17.6. The molecule has 0 bridgehead atoms. The van der Waals surface area contributed by atoms with E-state index >= 15 is 0 Å². The molecule has 2 aromatic rings. The second-order valence-electron chi connectivity index (χ2n) is 8.08. The lowest BCUT2D eigenvalue weighted by Crippen LogP contribution is -2.42. The lowest BCUT2D eigenvalue weighted by Gasteiger charge is -2.32. The fourth-order valence-corrected chi connectivity index (χ4v) is 3.69. The Balaban J connectivity index is 1.53. The highest BCUT2D eigenvalue weighted by Crippen LogP contribution is 2.24. The molecule has 0 radical (unpaired) electrons. The van der Waals surface area contributed by atoms with Gasteiger partial charge in [0, 0.05) is 19.2 Å². The molecule has 1 N–H and O–H groups in total. The summed E-state index contributed by atoms with van der Waals surface area (Å²) in [7, 11) is 0. The highest BCUT2D eigenvalue weighted by molar-refractivity contribution is 7.16. The Bertz CT molecular complexity index is 925. The van der Waals surface area contributed by atoms with Gasteiger partial charge in [0.15, 0.2) is 5.13 Å². The number of aryl methyl sites for hydroxylation is 1. The van der Waals surface area contributed by atoms with Crippen LogP contribution in [0.4, 0.5) is 10.9 Å². The van der Waals surface area contributed by atoms with Crippen molar-refractivity contribution < 1.29 is 14.3 Å². The average molecular weight is 431 g/mol. The van der Waals surface area contributed by atoms with Crippen molar-refractivity contribution >= 4 is 28.3 Å². The number of nitriles is 1. The van der Waals surface area contributed by atoms with Crippen LogP contribution in [0.3, 0.4) is 0 Å². The van der Waals surface area contributed by atoms with Crippen LogP contribution in [-0.4, -0.2) is 57.2 Å². The van der Waals surface area contributed by atoms with Gasteiger partial charge in [-0.2, -0.15) is 10.2 Å². The van der Waals surface area contributed by atoms with E-state index in [0.29, 0.717) is 34.1 Å². The predicted octanol–water partition coefficient (Wildman–Crippen LogP) is 3.04. The molecule has 30 heavy (non-hydrogen) atoms. The average Bonchev–Trinajstić information content (AvgIpc) is 3.09. The second-order valence-corrected chi connectivity index (χ2v) is 9.12. The number of hydrogen-bond acceptors (Lipinski definition) is 10. The lowest BCUT2D eigenvalue weighted by atomic mass is 10.1. The highest BCUT2D eigenvalue weighted by Gasteiger charge is 2.25. The molecule has 0 unspecified atom stereocenters. The molecule has 0 aliphatic carbocycles. The minimum absolute atomic E-state index is 0.0205. The topological polar surface area (TPSA) is 113 Å². The predicted molar refractivity (Wildman–Crippen MR) is 113 cm³/mol. The molecule has 1 aliphatic rings. The number of thiazole rings is 1. The van der Waals surface area contributed by atoms with Gasteiger partial charge in [-0.3, -0.25) is 9.69 Å². The third kappa shape index (κ3) is 6.64. The molecule has 0 spiro atoms. The van der Waals surface area contributed by atoms with Gasteiger partial charge in [0.1, 0.15) is 34.3 Å². The number of nitrogens with one attached hydrogen (secondary N) is 1. The minimum atomic E-state index is -0.468. The van der Waals surface area contributed by atoms with Gasteiger partial charge in [0.2, 0.25) is 5.88 Å². The number of carbonyl (C=O) groups is 1. The van der Waals surface area contributed by atoms with Crippen LogP contribution in [0.15, 0.2) is 12.3 Å². The SMILES string of the molecule is Cc1nc(Nc2ncc(C#N)s2)cc(OC2CCN(CC(=O)OC(C)(C)C)CC2)n1. The summed E-state index contributed by atoms with van der Waals surface area (Å²) in [5.41, 5.74) is -0.468. The molecule has 1 saturated heterocycles. The van der Waals surface area contributed by atoms with E-state index in [1.165, 1.54) is 17.5 Å². The van der Waals surface area contributed by atoms with Crippen molar-refractivity contribution in [3.8, 4) is 11.9 Å². The molecule has 2 aromatic heterocycles. The molecule has 1 aliphatic heterocycles. The molecule has 0 saturated carbocycles. The fourth-order valence-electron chi connectivity index (χ4n) is 3.07. The van der Waals surface area contributed by atoms with Crippen LogP contribution >= 0.6 is 11.3 Å². The summed E-state index contributed by atoms with van der Waals surface area (Å²) in [6.45, 7) is 9.22. The lowest BCUT2D eigenvalue weighted by molar-refractivity contribution is -0.156. The van der Waals surface area contributed by atoms with Crippen LogP contribution in [0.2, 0.25) is 0 Å². The van der Waals surface area contributed by atoms with Crippen molar-refractivity contribution in [2.24, 2.45) is 0 Å². The van der Waals surface area contributed by atoms with E-state index in [2.05, 4.69) is 31.2 Å². The Kier molecular flexibility index (Phi) is 6.84. The smallest absolute Gasteiger partial charge is 0.320 e. The first-order valence-corrected chi connectivity index (χ1v) is 10.6. The normalized spacial score (nSPS) is 15.4. The van der Waals surface area contributed by atoms with Gasteiger partial charge in [-0.05, 0) is 40.5 Å². The maximum absolute atomic E-state index is 12.0. The van der Waals surface area contributed by atoms with E-state index in [0.717, 1.165) is 25.9 Å². The Morgan fingerprint density at radius 2 is 2.10 bits per heavy atom. The fraction of sp³-hybridized carbons (Fsp3) is 0.550. The number of aromatic nitrogens is 3. The van der Waals surface area contributed by atoms with Gasteiger partial charge in [-0.25, -0.2) is 9.97 Å². The Hall–Kier alpha value is -2.77. The molecule has 1 fully saturated rings. The summed E-state index contributed by atoms with van der Waals surface area (Å²) in [5.74, 6) is 1.44. The van der Waals surface area contributed by atoms with E-state index in [9.17, 15) is 4.79 Å². The first-order chi connectivity index (χ1) is 14.2. The maximum atomic E-state index is 12.0. The minimum Gasteiger partial charge on any atom is -0.474 e. The highest BCUT2D eigenvalue weighted by atomic mass is 32.1. The van der Waals surface area contributed by atoms with Gasteiger partial charge in [0.05, 0.1) is 12.7 Å². The summed E-state index contributed by atoms with van der Waals surface area (Å²) in [4.78, 5) is 27.5. The first-order valence-electron chi connectivity index (χ1n) is 9.80. The van der Waals surface area contributed by atoms with Crippen LogP contribution in [0.1, 0.15) is 44.3 Å². The third-order valence-electron chi connectivity index (χ3n) is 4.26. The Labute approximate surface area is 180 Å². The molecule has 9 nitrogen and oxygen atoms in total. The van der Waals surface area contributed by atoms with Gasteiger partial charge in [0.25, 0.3) is 0 Å². The molecule has 0 atom stereocenters. The van der Waals surface area contributed by atoms with Crippen molar-refractivity contribution in [3.63, 3.8) is 0 Å². The quantitative estimate of drug-likeness (QED) is 0.691. The van der Waals surface area contributed by atoms with Gasteiger partial charge in [-0.1, -0.05) is 11.3 Å². The number of carbonyl (C=O) groups excluding carboxylic acids is 1. The number of piperidine rings is 1. The summed E-state index contributed by atoms with van der Waals surface area (Å²) in [5, 5.41) is 12.6. The van der Waals surface area contributed by atoms with Crippen LogP contribution < -0.4 is 10.1 Å². The van der Waals surface area contributed by atoms with Crippen molar-refractivity contribution in [1.82, 2.24) is 19.9 Å². The number of ether oxygens (including phenoxy) is 2. The van der Waals surface area contributed by atoms with Crippen LogP contribution in [0.25, 0.3) is 0 Å². The molecule has 0 amide bonds. The van der Waals surface area contributed by atoms with Crippen molar-refractivity contribution in [3.05, 3.63) is 23.0 Å². The molecule has 3 rings (SSSR count). The maximum Gasteiger partial charge on any atom is 0.320 e. The Morgan fingerprint density at radius 1 is 1.37 bits per heavy atom. The second kappa shape index (κ2) is 9.36. The van der Waals surface area contributed by atoms with Crippen LogP contribution in [-0.2, 0) is 9.53 Å². The van der Waals surface area contributed by atoms with E-state index in [1.54, 1.807) is 13.0 Å². The standard InChI is InChI=1S/C20H26N6O3S/c1-13-23-16(25-19-22-11-15(10-21)30-19)9-17(24-13)28-14-5-7-26(8-6-14)12-18(27)29-20(2,3)4/h9,11,14H,5-8,12H2,1-4H3,(H,22,23,24,25). The number of esters is 1. The van der Waals surface area contributed by atoms with E-state index in [4.69, 9.17) is 14.7 Å². The summed E-state index contributed by atoms with van der Waals surface area (Å²) >= 11 is 1.26. The monoisotopic (exact) mass is 430 g/mol. The summed E-state index contributed by atoms with van der Waals surface area (Å²) < 4.78 is 11.5. The number of hydrogen-bond donors (Lipinski definition) is 1. The zero-order valence-corrected chi connectivity index (χ0v) is 18.5. The van der Waals surface area contributed by atoms with Gasteiger partial charge >= 0.3 is 5.97 Å². The third-order valence-corrected chi connectivity index (χ3v) is 5.08. The van der Waals surface area contributed by atoms with Crippen molar-refractivity contribution in [2.75, 3.05) is 25.0 Å². The molecule has 160 valence electrons. The molecule has 10 heteroatoms. The van der Waals surface area contributed by atoms with E-state index in [-0.39, 0.29) is 12.1 Å². The number of nitrogens with zero attached hydrogens (tertiary/aromatic N) is 5. The van der Waals surface area contributed by atoms with Crippen LogP contribution in [0.5, 0.6) is 5.88 Å². The van der Waals surface area contributed by atoms with Crippen molar-refractivity contribution in [1.29, 1.82) is 5.26 Å². The van der Waals surface area contributed by atoms with Gasteiger partial charge in [-0.15, -0.1) is 0 Å². The summed E-state index contributed by atoms with van der Waals surface area (Å²) in [6, 6.07) is 3.79. The Morgan fingerprint density at radius 3 is 2.73 bits per heavy atom. The number of likely N-dealkylation sites (tertiary alicyclic amines) is 1. The molecular weight excluding hydrogens is 404 g/mol. The summed E-state index contributed by atoms with van der Waals surface area (Å²) in [6.07, 6.45) is 3.13. The molecule has 3 heterocycles. The molecular formula is C20H26N6O3S. The zero-order chi connectivity index (χ0) is 21.7. The van der Waals surface area contributed by atoms with E-state index in [1.807, 2.05) is 20.8 Å². The number of anilines is 2. The van der Waals surface area contributed by atoms with Gasteiger partial charge < -0.3 is 14.8 Å². The first kappa shape index (κ1) is 21.9. The van der Waals surface area contributed by atoms with E-state index < -0.39 is 5.60 Å². The molecule has 0 aromatic carbocycles. The number of rotatable bonds is 6.